The highest BCUT2D eigenvalue weighted by Crippen LogP contribution is 2.12. The van der Waals surface area contributed by atoms with Crippen molar-refractivity contribution in [3.63, 3.8) is 0 Å². The van der Waals surface area contributed by atoms with Crippen molar-refractivity contribution in [1.29, 1.82) is 0 Å². The van der Waals surface area contributed by atoms with Crippen molar-refractivity contribution in [3.05, 3.63) is 0 Å². The number of rotatable bonds is 1. The summed E-state index contributed by atoms with van der Waals surface area (Å²) < 4.78 is 5.13. The molecule has 1 rings (SSSR count). The maximum absolute atomic E-state index is 5.13. The molecule has 0 saturated carbocycles. The lowest BCUT2D eigenvalue weighted by molar-refractivity contribution is 0.0416. The molecule has 0 amide bonds. The van der Waals surface area contributed by atoms with Crippen molar-refractivity contribution >= 4 is 0 Å². The zero-order valence-corrected chi connectivity index (χ0v) is 6.18. The average Bonchev–Trinajstić information content (AvgIpc) is 1.90. The minimum Gasteiger partial charge on any atom is -0.367 e. The smallest absolute Gasteiger partial charge is 0.107 e. The van der Waals surface area contributed by atoms with Crippen LogP contribution in [0.1, 0.15) is 19.8 Å². The van der Waals surface area contributed by atoms with Crippen LogP contribution in [0.3, 0.4) is 0 Å². The first kappa shape index (κ1) is 7.03. The monoisotopic (exact) mass is 129 g/mol. The highest BCUT2D eigenvalue weighted by Gasteiger charge is 2.15. The van der Waals surface area contributed by atoms with Gasteiger partial charge >= 0.3 is 0 Å². The van der Waals surface area contributed by atoms with E-state index in [4.69, 9.17) is 4.74 Å². The Hall–Kier alpha value is -0.0800. The molecule has 2 heteroatoms. The molecule has 1 fully saturated rings. The van der Waals surface area contributed by atoms with Crippen LogP contribution in [0.25, 0.3) is 0 Å². The van der Waals surface area contributed by atoms with E-state index in [1.165, 1.54) is 6.42 Å². The molecule has 2 atom stereocenters. The van der Waals surface area contributed by atoms with Gasteiger partial charge in [-0.1, -0.05) is 6.92 Å². The Morgan fingerprint density at radius 3 is 2.67 bits per heavy atom. The van der Waals surface area contributed by atoms with Gasteiger partial charge in [0.2, 0.25) is 0 Å². The second kappa shape index (κ2) is 3.18. The van der Waals surface area contributed by atoms with E-state index in [1.54, 1.807) is 7.11 Å². The fourth-order valence-corrected chi connectivity index (χ4v) is 1.17. The molecule has 0 aromatic carbocycles. The van der Waals surface area contributed by atoms with Crippen LogP contribution in [0.2, 0.25) is 0 Å². The number of ether oxygens (including phenoxy) is 1. The van der Waals surface area contributed by atoms with Crippen molar-refractivity contribution in [2.75, 3.05) is 13.7 Å². The molecular formula is C7H15NO. The third-order valence-electron chi connectivity index (χ3n) is 1.90. The Morgan fingerprint density at radius 1 is 1.44 bits per heavy atom. The van der Waals surface area contributed by atoms with Gasteiger partial charge in [-0.15, -0.1) is 0 Å². The fourth-order valence-electron chi connectivity index (χ4n) is 1.17. The molecule has 0 radical (unpaired) electrons. The summed E-state index contributed by atoms with van der Waals surface area (Å²) in [5.41, 5.74) is 0. The van der Waals surface area contributed by atoms with E-state index < -0.39 is 0 Å². The topological polar surface area (TPSA) is 21.3 Å². The fraction of sp³-hybridized carbons (Fsp3) is 1.00. The van der Waals surface area contributed by atoms with E-state index in [2.05, 4.69) is 12.2 Å². The van der Waals surface area contributed by atoms with Gasteiger partial charge in [0.05, 0.1) is 0 Å². The van der Waals surface area contributed by atoms with E-state index >= 15 is 0 Å². The standard InChI is InChI=1S/C7H15NO/c1-6-3-4-7(9-2)8-5-6/h6-8H,3-5H2,1-2H3. The van der Waals surface area contributed by atoms with Crippen LogP contribution in [0.4, 0.5) is 0 Å². The minimum absolute atomic E-state index is 0.321. The van der Waals surface area contributed by atoms with Crippen LogP contribution in [0.15, 0.2) is 0 Å². The molecule has 54 valence electrons. The average molecular weight is 129 g/mol. The van der Waals surface area contributed by atoms with Crippen LogP contribution < -0.4 is 5.32 Å². The SMILES string of the molecule is COC1CCC(C)CN1. The first-order valence-corrected chi connectivity index (χ1v) is 3.59. The van der Waals surface area contributed by atoms with Gasteiger partial charge in [-0.25, -0.2) is 0 Å². The van der Waals surface area contributed by atoms with Crippen LogP contribution in [0.5, 0.6) is 0 Å². The van der Waals surface area contributed by atoms with E-state index in [1.807, 2.05) is 0 Å². The Morgan fingerprint density at radius 2 is 2.22 bits per heavy atom. The van der Waals surface area contributed by atoms with Gasteiger partial charge in [0, 0.05) is 13.7 Å². The molecule has 0 bridgehead atoms. The highest BCUT2D eigenvalue weighted by atomic mass is 16.5. The van der Waals surface area contributed by atoms with Crippen molar-refractivity contribution in [2.45, 2.75) is 26.0 Å². The van der Waals surface area contributed by atoms with E-state index in [9.17, 15) is 0 Å². The van der Waals surface area contributed by atoms with Gasteiger partial charge in [-0.3, -0.25) is 5.32 Å². The second-order valence-electron chi connectivity index (χ2n) is 2.82. The lowest BCUT2D eigenvalue weighted by Crippen LogP contribution is -2.38. The Kier molecular flexibility index (Phi) is 2.49. The maximum Gasteiger partial charge on any atom is 0.107 e. The van der Waals surface area contributed by atoms with E-state index in [0.29, 0.717) is 6.23 Å². The third kappa shape index (κ3) is 1.95. The molecule has 0 spiro atoms. The van der Waals surface area contributed by atoms with Gasteiger partial charge in [0.1, 0.15) is 6.23 Å². The van der Waals surface area contributed by atoms with E-state index in [-0.39, 0.29) is 0 Å². The molecule has 0 aromatic heterocycles. The summed E-state index contributed by atoms with van der Waals surface area (Å²) in [7, 11) is 1.76. The van der Waals surface area contributed by atoms with Crippen molar-refractivity contribution < 1.29 is 4.74 Å². The molecular weight excluding hydrogens is 114 g/mol. The van der Waals surface area contributed by atoms with Gasteiger partial charge < -0.3 is 4.74 Å². The Balaban J connectivity index is 2.18. The van der Waals surface area contributed by atoms with Gasteiger partial charge in [-0.05, 0) is 18.8 Å². The summed E-state index contributed by atoms with van der Waals surface area (Å²) in [5.74, 6) is 0.830. The van der Waals surface area contributed by atoms with Crippen molar-refractivity contribution in [2.24, 2.45) is 5.92 Å². The normalized spacial score (nSPS) is 36.7. The predicted molar refractivity (Wildman–Crippen MR) is 37.2 cm³/mol. The first-order valence-electron chi connectivity index (χ1n) is 3.59. The third-order valence-corrected chi connectivity index (χ3v) is 1.90. The molecule has 9 heavy (non-hydrogen) atoms. The summed E-state index contributed by atoms with van der Waals surface area (Å²) in [6.07, 6.45) is 2.78. The van der Waals surface area contributed by atoms with Crippen LogP contribution >= 0.6 is 0 Å². The number of nitrogens with one attached hydrogen (secondary N) is 1. The van der Waals surface area contributed by atoms with Crippen LogP contribution in [-0.4, -0.2) is 19.9 Å². The van der Waals surface area contributed by atoms with Gasteiger partial charge in [0.15, 0.2) is 0 Å². The lowest BCUT2D eigenvalue weighted by atomic mass is 10.0. The summed E-state index contributed by atoms with van der Waals surface area (Å²) in [4.78, 5) is 0. The lowest BCUT2D eigenvalue weighted by Gasteiger charge is -2.26. The number of piperidine rings is 1. The Bertz CT molecular complexity index is 77.0. The highest BCUT2D eigenvalue weighted by molar-refractivity contribution is 4.68. The molecule has 2 nitrogen and oxygen atoms in total. The van der Waals surface area contributed by atoms with Gasteiger partial charge in [-0.2, -0.15) is 0 Å². The summed E-state index contributed by atoms with van der Waals surface area (Å²) >= 11 is 0. The maximum atomic E-state index is 5.13. The molecule has 1 aliphatic rings. The Labute approximate surface area is 56.6 Å². The molecule has 0 aromatic rings. The quantitative estimate of drug-likeness (QED) is 0.570. The largest absolute Gasteiger partial charge is 0.367 e. The number of hydrogen-bond acceptors (Lipinski definition) is 2. The molecule has 1 aliphatic heterocycles. The zero-order chi connectivity index (χ0) is 6.69. The van der Waals surface area contributed by atoms with Crippen molar-refractivity contribution in [3.8, 4) is 0 Å². The molecule has 0 aliphatic carbocycles. The number of methoxy groups -OCH3 is 1. The van der Waals surface area contributed by atoms with Crippen LogP contribution in [-0.2, 0) is 4.74 Å². The second-order valence-corrected chi connectivity index (χ2v) is 2.82. The molecule has 1 saturated heterocycles. The van der Waals surface area contributed by atoms with Crippen molar-refractivity contribution in [1.82, 2.24) is 5.32 Å². The molecule has 2 unspecified atom stereocenters. The first-order chi connectivity index (χ1) is 4.33. The predicted octanol–water partition coefficient (Wildman–Crippen LogP) is 0.978. The minimum atomic E-state index is 0.321. The summed E-state index contributed by atoms with van der Waals surface area (Å²) in [5, 5.41) is 3.30. The summed E-state index contributed by atoms with van der Waals surface area (Å²) in [6.45, 7) is 3.37. The zero-order valence-electron chi connectivity index (χ0n) is 6.18. The van der Waals surface area contributed by atoms with Gasteiger partial charge in [0.25, 0.3) is 0 Å². The number of hydrogen-bond donors (Lipinski definition) is 1. The molecule has 1 heterocycles. The summed E-state index contributed by atoms with van der Waals surface area (Å²) in [6, 6.07) is 0. The van der Waals surface area contributed by atoms with Crippen LogP contribution in [0, 0.1) is 5.92 Å². The van der Waals surface area contributed by atoms with E-state index in [0.717, 1.165) is 18.9 Å². The molecule has 1 N–H and O–H groups in total.